The number of benzene rings is 1. The fourth-order valence-electron chi connectivity index (χ4n) is 2.48. The Balaban J connectivity index is 1.95. The fraction of sp³-hybridized carbons (Fsp3) is 0.429. The third kappa shape index (κ3) is 3.61. The number of sulfonamides is 1. The Hall–Kier alpha value is -2.14. The van der Waals surface area contributed by atoms with Crippen LogP contribution in [0.2, 0.25) is 0 Å². The number of fused-ring (bicyclic) bond motifs is 1. The first kappa shape index (κ1) is 17.7. The van der Waals surface area contributed by atoms with Crippen molar-refractivity contribution in [2.45, 2.75) is 25.7 Å². The van der Waals surface area contributed by atoms with E-state index in [2.05, 4.69) is 14.7 Å². The molecule has 1 aromatic heterocycles. The number of halogens is 3. The van der Waals surface area contributed by atoms with Crippen molar-refractivity contribution in [3.63, 3.8) is 0 Å². The average molecular weight is 377 g/mol. The van der Waals surface area contributed by atoms with E-state index in [0.717, 1.165) is 6.26 Å². The van der Waals surface area contributed by atoms with Crippen molar-refractivity contribution in [2.24, 2.45) is 0 Å². The van der Waals surface area contributed by atoms with Gasteiger partial charge in [0.25, 0.3) is 0 Å². The molecule has 0 saturated carbocycles. The van der Waals surface area contributed by atoms with E-state index in [1.807, 2.05) is 0 Å². The summed E-state index contributed by atoms with van der Waals surface area (Å²) in [5.74, 6) is -1.29. The molecule has 1 aliphatic heterocycles. The fourth-order valence-corrected chi connectivity index (χ4v) is 3.56. The van der Waals surface area contributed by atoms with E-state index >= 15 is 0 Å². The van der Waals surface area contributed by atoms with Crippen molar-refractivity contribution in [1.82, 2.24) is 14.4 Å². The van der Waals surface area contributed by atoms with Crippen LogP contribution in [0.15, 0.2) is 22.7 Å². The van der Waals surface area contributed by atoms with Crippen LogP contribution < -0.4 is 4.74 Å². The molecule has 7 nitrogen and oxygen atoms in total. The largest absolute Gasteiger partial charge is 0.492 e. The van der Waals surface area contributed by atoms with Gasteiger partial charge in [-0.1, -0.05) is 17.3 Å². The zero-order chi connectivity index (χ0) is 18.4. The summed E-state index contributed by atoms with van der Waals surface area (Å²) < 4.78 is 72.6. The number of hydrogen-bond acceptors (Lipinski definition) is 6. The average Bonchev–Trinajstić information content (AvgIpc) is 2.93. The van der Waals surface area contributed by atoms with Crippen LogP contribution in [0, 0.1) is 0 Å². The molecule has 0 fully saturated rings. The predicted molar refractivity (Wildman–Crippen MR) is 80.1 cm³/mol. The van der Waals surface area contributed by atoms with E-state index in [1.54, 1.807) is 13.0 Å². The quantitative estimate of drug-likeness (QED) is 0.798. The van der Waals surface area contributed by atoms with Crippen molar-refractivity contribution < 1.29 is 30.8 Å². The van der Waals surface area contributed by atoms with Crippen molar-refractivity contribution in [2.75, 3.05) is 12.9 Å². The zero-order valence-corrected chi connectivity index (χ0v) is 14.1. The van der Waals surface area contributed by atoms with Gasteiger partial charge in [-0.25, -0.2) is 8.42 Å². The molecule has 0 saturated heterocycles. The Morgan fingerprint density at radius 3 is 2.64 bits per heavy atom. The predicted octanol–water partition coefficient (Wildman–Crippen LogP) is 2.30. The Morgan fingerprint density at radius 1 is 1.32 bits per heavy atom. The summed E-state index contributed by atoms with van der Waals surface area (Å²) >= 11 is 0. The summed E-state index contributed by atoms with van der Waals surface area (Å²) in [5, 5.41) is 3.33. The molecular weight excluding hydrogens is 363 g/mol. The standard InChI is InChI=1S/C14H14F3N3O4S/c1-8-7-23-11-5-9(12-18-13(24-19-12)14(15,16)17)3-4-10(11)6-20(8)25(2,21)22/h3-5,8H,6-7H2,1-2H3/t8-/m0/s1. The lowest BCUT2D eigenvalue weighted by Crippen LogP contribution is -2.39. The maximum Gasteiger partial charge on any atom is 0.471 e. The molecule has 11 heteroatoms. The van der Waals surface area contributed by atoms with Gasteiger partial charge in [-0.15, -0.1) is 0 Å². The van der Waals surface area contributed by atoms with Crippen LogP contribution in [0.5, 0.6) is 5.75 Å². The van der Waals surface area contributed by atoms with Crippen LogP contribution in [0.1, 0.15) is 18.4 Å². The molecule has 2 aromatic rings. The molecule has 136 valence electrons. The highest BCUT2D eigenvalue weighted by Crippen LogP contribution is 2.33. The summed E-state index contributed by atoms with van der Waals surface area (Å²) in [4.78, 5) is 3.33. The van der Waals surface area contributed by atoms with Gasteiger partial charge in [0.15, 0.2) is 0 Å². The van der Waals surface area contributed by atoms with Crippen LogP contribution in [0.3, 0.4) is 0 Å². The second-order valence-electron chi connectivity index (χ2n) is 5.71. The Bertz CT molecular complexity index is 895. The number of nitrogens with zero attached hydrogens (tertiary/aromatic N) is 3. The third-order valence-corrected chi connectivity index (χ3v) is 5.06. The minimum Gasteiger partial charge on any atom is -0.492 e. The normalized spacial score (nSPS) is 19.2. The highest BCUT2D eigenvalue weighted by molar-refractivity contribution is 7.88. The molecule has 1 aromatic carbocycles. The highest BCUT2D eigenvalue weighted by atomic mass is 32.2. The summed E-state index contributed by atoms with van der Waals surface area (Å²) in [6, 6.07) is 4.15. The molecule has 0 amide bonds. The van der Waals surface area contributed by atoms with Gasteiger partial charge in [-0.3, -0.25) is 0 Å². The van der Waals surface area contributed by atoms with E-state index in [9.17, 15) is 21.6 Å². The Kier molecular flexibility index (Phi) is 4.23. The molecule has 0 spiro atoms. The molecule has 25 heavy (non-hydrogen) atoms. The second kappa shape index (κ2) is 5.99. The molecule has 1 atom stereocenters. The van der Waals surface area contributed by atoms with E-state index < -0.39 is 22.1 Å². The summed E-state index contributed by atoms with van der Waals surface area (Å²) in [6.45, 7) is 1.93. The molecule has 1 aliphatic rings. The van der Waals surface area contributed by atoms with Crippen molar-refractivity contribution in [3.8, 4) is 17.1 Å². The van der Waals surface area contributed by atoms with Crippen LogP contribution >= 0.6 is 0 Å². The van der Waals surface area contributed by atoms with Crippen molar-refractivity contribution >= 4 is 10.0 Å². The highest BCUT2D eigenvalue weighted by Gasteiger charge is 2.38. The lowest BCUT2D eigenvalue weighted by molar-refractivity contribution is -0.159. The van der Waals surface area contributed by atoms with E-state index in [-0.39, 0.29) is 30.6 Å². The van der Waals surface area contributed by atoms with Gasteiger partial charge in [0.05, 0.1) is 12.3 Å². The Morgan fingerprint density at radius 2 is 2.04 bits per heavy atom. The molecule has 2 heterocycles. The van der Waals surface area contributed by atoms with E-state index in [1.165, 1.54) is 16.4 Å². The maximum atomic E-state index is 12.6. The topological polar surface area (TPSA) is 85.5 Å². The van der Waals surface area contributed by atoms with Gasteiger partial charge in [0.1, 0.15) is 12.4 Å². The van der Waals surface area contributed by atoms with Crippen LogP contribution in [0.25, 0.3) is 11.4 Å². The molecule has 0 unspecified atom stereocenters. The second-order valence-corrected chi connectivity index (χ2v) is 7.65. The molecule has 0 radical (unpaired) electrons. The molecule has 3 rings (SSSR count). The smallest absolute Gasteiger partial charge is 0.471 e. The molecule has 0 N–H and O–H groups in total. The first-order valence-corrected chi connectivity index (χ1v) is 9.04. The lowest BCUT2D eigenvalue weighted by atomic mass is 10.1. The van der Waals surface area contributed by atoms with Gasteiger partial charge in [0, 0.05) is 17.7 Å². The van der Waals surface area contributed by atoms with Crippen LogP contribution in [-0.4, -0.2) is 41.8 Å². The maximum absolute atomic E-state index is 12.6. The van der Waals surface area contributed by atoms with Crippen molar-refractivity contribution in [3.05, 3.63) is 29.7 Å². The third-order valence-electron chi connectivity index (χ3n) is 3.72. The number of aromatic nitrogens is 2. The van der Waals surface area contributed by atoms with Gasteiger partial charge in [0.2, 0.25) is 15.8 Å². The minimum atomic E-state index is -4.72. The van der Waals surface area contributed by atoms with E-state index in [0.29, 0.717) is 11.3 Å². The van der Waals surface area contributed by atoms with Crippen LogP contribution in [0.4, 0.5) is 13.2 Å². The summed E-state index contributed by atoms with van der Waals surface area (Å²) in [5.41, 5.74) is 0.872. The monoisotopic (exact) mass is 377 g/mol. The SMILES string of the molecule is C[C@H]1COc2cc(-c3noc(C(F)(F)F)n3)ccc2CN1S(C)(=O)=O. The number of alkyl halides is 3. The van der Waals surface area contributed by atoms with Gasteiger partial charge in [-0.05, 0) is 13.0 Å². The van der Waals surface area contributed by atoms with Crippen molar-refractivity contribution in [1.29, 1.82) is 0 Å². The molecule has 0 aliphatic carbocycles. The van der Waals surface area contributed by atoms with E-state index in [4.69, 9.17) is 4.74 Å². The number of ether oxygens (including phenoxy) is 1. The van der Waals surface area contributed by atoms with Gasteiger partial charge >= 0.3 is 12.1 Å². The first-order valence-electron chi connectivity index (χ1n) is 7.19. The number of hydrogen-bond donors (Lipinski definition) is 0. The van der Waals surface area contributed by atoms with Crippen LogP contribution in [-0.2, 0) is 22.7 Å². The zero-order valence-electron chi connectivity index (χ0n) is 13.2. The number of rotatable bonds is 2. The first-order chi connectivity index (χ1) is 11.6. The van der Waals surface area contributed by atoms with Gasteiger partial charge < -0.3 is 9.26 Å². The minimum absolute atomic E-state index is 0.107. The summed E-state index contributed by atoms with van der Waals surface area (Å²) in [6.07, 6.45) is -3.61. The van der Waals surface area contributed by atoms with Gasteiger partial charge in [-0.2, -0.15) is 22.5 Å². The Labute approximate surface area is 141 Å². The summed E-state index contributed by atoms with van der Waals surface area (Å²) in [7, 11) is -3.43. The lowest BCUT2D eigenvalue weighted by Gasteiger charge is -2.23. The molecular formula is C14H14F3N3O4S. The molecule has 0 bridgehead atoms.